The first-order valence-electron chi connectivity index (χ1n) is 1.86. The highest BCUT2D eigenvalue weighted by Crippen LogP contribution is 2.25. The zero-order chi connectivity index (χ0) is 4.41. The third-order valence-electron chi connectivity index (χ3n) is 0.655. The summed E-state index contributed by atoms with van der Waals surface area (Å²) in [5, 5.41) is 2.07. The molecule has 0 spiro atoms. The molecule has 0 aromatic heterocycles. The summed E-state index contributed by atoms with van der Waals surface area (Å²) in [5.74, 6) is 0. The molecule has 1 aliphatic rings. The normalized spacial score (nSPS) is 31.8. The third kappa shape index (κ3) is 0.949. The van der Waals surface area contributed by atoms with Crippen LogP contribution in [0, 0.1) is 0 Å². The average molecular weight is 117 g/mol. The van der Waals surface area contributed by atoms with Gasteiger partial charge in [0, 0.05) is 0 Å². The molecule has 33 valence electrons. The Morgan fingerprint density at radius 3 is 2.83 bits per heavy atom. The summed E-state index contributed by atoms with van der Waals surface area (Å²) in [4.78, 5) is 0. The molecule has 0 aromatic rings. The molecule has 6 heavy (non-hydrogen) atoms. The minimum atomic E-state index is 0.435. The standard InChI is InChI=1S/C4H5S2/c5-4-2-1-3-6-4/h1,3-4H,2H2. The fraction of sp³-hybridized carbons (Fsp3) is 0.500. The fourth-order valence-electron chi connectivity index (χ4n) is 0.365. The molecule has 0 aliphatic carbocycles. The predicted octanol–water partition coefficient (Wildman–Crippen LogP) is 2.16. The largest absolute Gasteiger partial charge is 0.119 e. The molecular formula is C4H5S2. The van der Waals surface area contributed by atoms with Crippen LogP contribution < -0.4 is 0 Å². The molecule has 0 N–H and O–H groups in total. The quantitative estimate of drug-likeness (QED) is 0.468. The molecule has 1 atom stereocenters. The first-order valence-corrected chi connectivity index (χ1v) is 3.27. The van der Waals surface area contributed by atoms with Crippen molar-refractivity contribution in [2.75, 3.05) is 0 Å². The molecule has 0 nitrogen and oxygen atoms in total. The Balaban J connectivity index is 2.32. The van der Waals surface area contributed by atoms with E-state index in [0.717, 1.165) is 6.42 Å². The first-order chi connectivity index (χ1) is 2.89. The van der Waals surface area contributed by atoms with E-state index in [4.69, 9.17) is 12.6 Å². The van der Waals surface area contributed by atoms with Gasteiger partial charge in [-0.15, -0.1) is 11.8 Å². The zero-order valence-electron chi connectivity index (χ0n) is 3.26. The van der Waals surface area contributed by atoms with Gasteiger partial charge in [0.1, 0.15) is 0 Å². The van der Waals surface area contributed by atoms with E-state index in [0.29, 0.717) is 4.58 Å². The van der Waals surface area contributed by atoms with Crippen LogP contribution in [0.1, 0.15) is 6.42 Å². The van der Waals surface area contributed by atoms with Crippen molar-refractivity contribution in [2.45, 2.75) is 11.0 Å². The lowest BCUT2D eigenvalue weighted by Gasteiger charge is -1.89. The van der Waals surface area contributed by atoms with Gasteiger partial charge in [-0.05, 0) is 11.8 Å². The minimum Gasteiger partial charge on any atom is -0.119 e. The van der Waals surface area contributed by atoms with E-state index in [2.05, 4.69) is 11.5 Å². The van der Waals surface area contributed by atoms with Crippen LogP contribution in [0.15, 0.2) is 11.5 Å². The second kappa shape index (κ2) is 1.94. The molecule has 0 saturated carbocycles. The second-order valence-electron chi connectivity index (χ2n) is 1.17. The predicted molar refractivity (Wildman–Crippen MR) is 32.7 cm³/mol. The maximum atomic E-state index is 4.90. The van der Waals surface area contributed by atoms with Crippen molar-refractivity contribution in [1.82, 2.24) is 0 Å². The van der Waals surface area contributed by atoms with Crippen LogP contribution in [0.2, 0.25) is 0 Å². The molecule has 0 saturated heterocycles. The maximum absolute atomic E-state index is 4.90. The van der Waals surface area contributed by atoms with E-state index in [9.17, 15) is 0 Å². The summed E-state index contributed by atoms with van der Waals surface area (Å²) in [6.45, 7) is 0. The first kappa shape index (κ1) is 4.60. The van der Waals surface area contributed by atoms with E-state index in [1.165, 1.54) is 0 Å². The van der Waals surface area contributed by atoms with Gasteiger partial charge in [0.05, 0.1) is 4.58 Å². The van der Waals surface area contributed by atoms with Crippen LogP contribution in [0.5, 0.6) is 0 Å². The van der Waals surface area contributed by atoms with Gasteiger partial charge in [-0.3, -0.25) is 0 Å². The zero-order valence-corrected chi connectivity index (χ0v) is 4.89. The minimum absolute atomic E-state index is 0.435. The van der Waals surface area contributed by atoms with E-state index in [1.807, 2.05) is 0 Å². The molecule has 1 radical (unpaired) electrons. The van der Waals surface area contributed by atoms with Crippen molar-refractivity contribution >= 4 is 24.4 Å². The third-order valence-corrected chi connectivity index (χ3v) is 2.03. The molecule has 0 fully saturated rings. The number of hydrogen-bond donors (Lipinski definition) is 0. The van der Waals surface area contributed by atoms with Gasteiger partial charge < -0.3 is 0 Å². The Morgan fingerprint density at radius 1 is 1.83 bits per heavy atom. The van der Waals surface area contributed by atoms with Crippen molar-refractivity contribution in [3.05, 3.63) is 11.5 Å². The molecule has 0 bridgehead atoms. The molecule has 0 amide bonds. The van der Waals surface area contributed by atoms with Crippen LogP contribution in [-0.4, -0.2) is 4.58 Å². The fourth-order valence-corrected chi connectivity index (χ4v) is 1.29. The molecule has 1 aliphatic heterocycles. The SMILES string of the molecule is [S]C1CC=CS1. The molecule has 1 rings (SSSR count). The Bertz CT molecular complexity index is 59.9. The lowest BCUT2D eigenvalue weighted by molar-refractivity contribution is 1.22. The van der Waals surface area contributed by atoms with E-state index < -0.39 is 0 Å². The Labute approximate surface area is 47.4 Å². The van der Waals surface area contributed by atoms with Gasteiger partial charge >= 0.3 is 0 Å². The average Bonchev–Trinajstić information content (AvgIpc) is 1.86. The van der Waals surface area contributed by atoms with Crippen LogP contribution in [-0.2, 0) is 0 Å². The maximum Gasteiger partial charge on any atom is 0.0682 e. The summed E-state index contributed by atoms with van der Waals surface area (Å²) in [5.41, 5.74) is 0. The number of rotatable bonds is 0. The van der Waals surface area contributed by atoms with Crippen molar-refractivity contribution < 1.29 is 0 Å². The van der Waals surface area contributed by atoms with Crippen molar-refractivity contribution in [3.63, 3.8) is 0 Å². The van der Waals surface area contributed by atoms with Gasteiger partial charge in [0.25, 0.3) is 0 Å². The summed E-state index contributed by atoms with van der Waals surface area (Å²) < 4.78 is 0.435. The smallest absolute Gasteiger partial charge is 0.0682 e. The molecule has 2 heteroatoms. The molecule has 1 heterocycles. The van der Waals surface area contributed by atoms with Crippen LogP contribution in [0.25, 0.3) is 0 Å². The van der Waals surface area contributed by atoms with Gasteiger partial charge in [0.15, 0.2) is 0 Å². The molecule has 1 unspecified atom stereocenters. The van der Waals surface area contributed by atoms with Gasteiger partial charge in [-0.1, -0.05) is 18.7 Å². The Morgan fingerprint density at radius 2 is 2.67 bits per heavy atom. The summed E-state index contributed by atoms with van der Waals surface area (Å²) in [7, 11) is 0. The Kier molecular flexibility index (Phi) is 1.48. The van der Waals surface area contributed by atoms with Crippen LogP contribution >= 0.6 is 24.4 Å². The van der Waals surface area contributed by atoms with E-state index in [-0.39, 0.29) is 0 Å². The lowest BCUT2D eigenvalue weighted by Crippen LogP contribution is -1.77. The summed E-state index contributed by atoms with van der Waals surface area (Å²) in [6, 6.07) is 0. The second-order valence-corrected chi connectivity index (χ2v) is 3.15. The molecule has 0 aromatic carbocycles. The lowest BCUT2D eigenvalue weighted by atomic mass is 10.5. The van der Waals surface area contributed by atoms with Gasteiger partial charge in [0.2, 0.25) is 0 Å². The summed E-state index contributed by atoms with van der Waals surface area (Å²) >= 11 is 6.63. The van der Waals surface area contributed by atoms with Crippen molar-refractivity contribution in [2.24, 2.45) is 0 Å². The van der Waals surface area contributed by atoms with E-state index in [1.54, 1.807) is 11.8 Å². The topological polar surface area (TPSA) is 0 Å². The van der Waals surface area contributed by atoms with Crippen molar-refractivity contribution in [1.29, 1.82) is 0 Å². The highest BCUT2D eigenvalue weighted by Gasteiger charge is 2.02. The number of thioether (sulfide) groups is 1. The van der Waals surface area contributed by atoms with Gasteiger partial charge in [-0.25, -0.2) is 0 Å². The highest BCUT2D eigenvalue weighted by molar-refractivity contribution is 8.12. The van der Waals surface area contributed by atoms with Crippen LogP contribution in [0.3, 0.4) is 0 Å². The monoisotopic (exact) mass is 117 g/mol. The highest BCUT2D eigenvalue weighted by atomic mass is 32.2. The Hall–Kier alpha value is 0.440. The molecular weight excluding hydrogens is 112 g/mol. The van der Waals surface area contributed by atoms with E-state index >= 15 is 0 Å². The van der Waals surface area contributed by atoms with Crippen molar-refractivity contribution in [3.8, 4) is 0 Å². The van der Waals surface area contributed by atoms with Crippen LogP contribution in [0.4, 0.5) is 0 Å². The number of hydrogen-bond acceptors (Lipinski definition) is 1. The summed E-state index contributed by atoms with van der Waals surface area (Å²) in [6.07, 6.45) is 3.20. The van der Waals surface area contributed by atoms with Gasteiger partial charge in [-0.2, -0.15) is 0 Å². The number of allylic oxidation sites excluding steroid dienone is 1.